The van der Waals surface area contributed by atoms with Gasteiger partial charge in [-0.1, -0.05) is 12.8 Å². The van der Waals surface area contributed by atoms with Crippen molar-refractivity contribution in [3.63, 3.8) is 0 Å². The summed E-state index contributed by atoms with van der Waals surface area (Å²) >= 11 is 0. The summed E-state index contributed by atoms with van der Waals surface area (Å²) in [6.45, 7) is 3.68. The van der Waals surface area contributed by atoms with E-state index < -0.39 is 17.4 Å². The Morgan fingerprint density at radius 3 is 2.75 bits per heavy atom. The quantitative estimate of drug-likeness (QED) is 0.886. The second-order valence-electron chi connectivity index (χ2n) is 5.70. The van der Waals surface area contributed by atoms with Gasteiger partial charge in [0.05, 0.1) is 17.0 Å². The van der Waals surface area contributed by atoms with Crippen LogP contribution in [0.4, 0.5) is 0 Å². The number of hydrogen-bond donors (Lipinski definition) is 2. The van der Waals surface area contributed by atoms with E-state index >= 15 is 0 Å². The van der Waals surface area contributed by atoms with E-state index in [1.54, 1.807) is 12.1 Å². The molecule has 2 N–H and O–H groups in total. The maximum Gasteiger partial charge on any atom is 0.308 e. The van der Waals surface area contributed by atoms with Crippen LogP contribution in [0.5, 0.6) is 0 Å². The Morgan fingerprint density at radius 2 is 2.15 bits per heavy atom. The lowest BCUT2D eigenvalue weighted by atomic mass is 9.74. The van der Waals surface area contributed by atoms with Crippen molar-refractivity contribution in [2.75, 3.05) is 0 Å². The summed E-state index contributed by atoms with van der Waals surface area (Å²) in [5.41, 5.74) is 0.617. The van der Waals surface area contributed by atoms with Gasteiger partial charge < -0.3 is 10.4 Å². The van der Waals surface area contributed by atoms with E-state index in [2.05, 4.69) is 10.3 Å². The number of hydrogen-bond acceptors (Lipinski definition) is 3. The van der Waals surface area contributed by atoms with Gasteiger partial charge in [0.2, 0.25) is 0 Å². The average molecular weight is 276 g/mol. The molecule has 0 spiro atoms. The predicted octanol–water partition coefficient (Wildman–Crippen LogP) is 2.15. The van der Waals surface area contributed by atoms with Crippen molar-refractivity contribution in [2.45, 2.75) is 45.1 Å². The molecule has 1 aromatic heterocycles. The van der Waals surface area contributed by atoms with Gasteiger partial charge in [-0.05, 0) is 38.8 Å². The molecule has 1 aromatic rings. The Hall–Kier alpha value is -1.91. The van der Waals surface area contributed by atoms with Crippen LogP contribution in [0.2, 0.25) is 0 Å². The van der Waals surface area contributed by atoms with Crippen LogP contribution in [-0.4, -0.2) is 27.5 Å². The Bertz CT molecular complexity index is 512. The standard InChI is InChI=1S/C15H20N2O3/c1-10-6-7-11(9-16-10)13(18)17-15(2)8-4-3-5-12(15)14(19)20/h6-7,9,12H,3-5,8H2,1-2H3,(H,17,18)(H,19,20). The lowest BCUT2D eigenvalue weighted by molar-refractivity contribution is -0.145. The second kappa shape index (κ2) is 5.61. The topological polar surface area (TPSA) is 79.3 Å². The van der Waals surface area contributed by atoms with Crippen LogP contribution in [0.1, 0.15) is 48.7 Å². The normalized spacial score (nSPS) is 26.0. The van der Waals surface area contributed by atoms with Crippen molar-refractivity contribution in [1.82, 2.24) is 10.3 Å². The number of amides is 1. The summed E-state index contributed by atoms with van der Waals surface area (Å²) < 4.78 is 0. The number of carboxylic acid groups (broad SMARTS) is 1. The highest BCUT2D eigenvalue weighted by Crippen LogP contribution is 2.34. The Kier molecular flexibility index (Phi) is 4.06. The summed E-state index contributed by atoms with van der Waals surface area (Å²) in [5, 5.41) is 12.2. The molecular formula is C15H20N2O3. The molecule has 5 heteroatoms. The van der Waals surface area contributed by atoms with Crippen molar-refractivity contribution < 1.29 is 14.7 Å². The van der Waals surface area contributed by atoms with Gasteiger partial charge in [-0.2, -0.15) is 0 Å². The minimum absolute atomic E-state index is 0.256. The largest absolute Gasteiger partial charge is 0.481 e. The number of aryl methyl sites for hydroxylation is 1. The summed E-state index contributed by atoms with van der Waals surface area (Å²) in [6.07, 6.45) is 4.65. The maximum absolute atomic E-state index is 12.3. The molecule has 0 saturated heterocycles. The zero-order chi connectivity index (χ0) is 14.8. The van der Waals surface area contributed by atoms with Crippen molar-refractivity contribution >= 4 is 11.9 Å². The summed E-state index contributed by atoms with van der Waals surface area (Å²) in [7, 11) is 0. The first-order valence-corrected chi connectivity index (χ1v) is 6.90. The van der Waals surface area contributed by atoms with Gasteiger partial charge in [-0.15, -0.1) is 0 Å². The van der Waals surface area contributed by atoms with E-state index in [1.165, 1.54) is 6.20 Å². The maximum atomic E-state index is 12.3. The Morgan fingerprint density at radius 1 is 1.40 bits per heavy atom. The molecular weight excluding hydrogens is 256 g/mol. The van der Waals surface area contributed by atoms with Gasteiger partial charge in [0.25, 0.3) is 5.91 Å². The first-order valence-electron chi connectivity index (χ1n) is 6.90. The molecule has 2 rings (SSSR count). The number of aromatic nitrogens is 1. The molecule has 0 aromatic carbocycles. The molecule has 2 unspecified atom stereocenters. The van der Waals surface area contributed by atoms with E-state index in [4.69, 9.17) is 0 Å². The van der Waals surface area contributed by atoms with Crippen molar-refractivity contribution in [3.8, 4) is 0 Å². The van der Waals surface area contributed by atoms with Gasteiger partial charge in [-0.3, -0.25) is 14.6 Å². The van der Waals surface area contributed by atoms with E-state index in [9.17, 15) is 14.7 Å². The molecule has 5 nitrogen and oxygen atoms in total. The summed E-state index contributed by atoms with van der Waals surface area (Å²) in [4.78, 5) is 27.7. The first-order chi connectivity index (χ1) is 9.42. The van der Waals surface area contributed by atoms with E-state index in [0.29, 0.717) is 18.4 Å². The van der Waals surface area contributed by atoms with Gasteiger partial charge in [0.15, 0.2) is 0 Å². The monoisotopic (exact) mass is 276 g/mol. The fourth-order valence-electron chi connectivity index (χ4n) is 2.81. The first kappa shape index (κ1) is 14.5. The predicted molar refractivity (Wildman–Crippen MR) is 74.4 cm³/mol. The lowest BCUT2D eigenvalue weighted by Crippen LogP contribution is -2.55. The van der Waals surface area contributed by atoms with Crippen LogP contribution < -0.4 is 5.32 Å². The zero-order valence-corrected chi connectivity index (χ0v) is 11.8. The summed E-state index contributed by atoms with van der Waals surface area (Å²) in [6, 6.07) is 3.48. The molecule has 0 radical (unpaired) electrons. The van der Waals surface area contributed by atoms with E-state index in [0.717, 1.165) is 18.5 Å². The number of nitrogens with zero attached hydrogens (tertiary/aromatic N) is 1. The number of rotatable bonds is 3. The molecule has 0 bridgehead atoms. The van der Waals surface area contributed by atoms with Crippen LogP contribution in [0.25, 0.3) is 0 Å². The van der Waals surface area contributed by atoms with Crippen LogP contribution in [0.3, 0.4) is 0 Å². The van der Waals surface area contributed by atoms with Crippen molar-refractivity contribution in [2.24, 2.45) is 5.92 Å². The number of pyridine rings is 1. The molecule has 20 heavy (non-hydrogen) atoms. The number of aliphatic carboxylic acids is 1. The minimum atomic E-state index is -0.838. The highest BCUT2D eigenvalue weighted by atomic mass is 16.4. The molecule has 1 aliphatic carbocycles. The third kappa shape index (κ3) is 2.98. The van der Waals surface area contributed by atoms with Gasteiger partial charge >= 0.3 is 5.97 Å². The second-order valence-corrected chi connectivity index (χ2v) is 5.70. The lowest BCUT2D eigenvalue weighted by Gasteiger charge is -2.39. The molecule has 1 aliphatic rings. The number of nitrogens with one attached hydrogen (secondary N) is 1. The number of carboxylic acids is 1. The number of carbonyl (C=O) groups excluding carboxylic acids is 1. The molecule has 108 valence electrons. The van der Waals surface area contributed by atoms with E-state index in [-0.39, 0.29) is 5.91 Å². The van der Waals surface area contributed by atoms with Crippen LogP contribution in [0, 0.1) is 12.8 Å². The van der Waals surface area contributed by atoms with Gasteiger partial charge in [0.1, 0.15) is 0 Å². The average Bonchev–Trinajstić information content (AvgIpc) is 2.39. The zero-order valence-electron chi connectivity index (χ0n) is 11.8. The number of carbonyl (C=O) groups is 2. The van der Waals surface area contributed by atoms with Gasteiger partial charge in [-0.25, -0.2) is 0 Å². The highest BCUT2D eigenvalue weighted by Gasteiger charge is 2.42. The third-order valence-corrected chi connectivity index (χ3v) is 4.08. The molecule has 1 heterocycles. The van der Waals surface area contributed by atoms with Gasteiger partial charge in [0, 0.05) is 11.9 Å². The fraction of sp³-hybridized carbons (Fsp3) is 0.533. The molecule has 1 fully saturated rings. The van der Waals surface area contributed by atoms with E-state index in [1.807, 2.05) is 13.8 Å². The van der Waals surface area contributed by atoms with Crippen LogP contribution in [0.15, 0.2) is 18.3 Å². The van der Waals surface area contributed by atoms with Crippen LogP contribution in [-0.2, 0) is 4.79 Å². The van der Waals surface area contributed by atoms with Crippen molar-refractivity contribution in [1.29, 1.82) is 0 Å². The van der Waals surface area contributed by atoms with Crippen molar-refractivity contribution in [3.05, 3.63) is 29.6 Å². The smallest absolute Gasteiger partial charge is 0.308 e. The Balaban J connectivity index is 2.15. The molecule has 0 aliphatic heterocycles. The minimum Gasteiger partial charge on any atom is -0.481 e. The Labute approximate surface area is 118 Å². The van der Waals surface area contributed by atoms with Crippen LogP contribution >= 0.6 is 0 Å². The molecule has 2 atom stereocenters. The summed E-state index contributed by atoms with van der Waals surface area (Å²) in [5.74, 6) is -1.62. The fourth-order valence-corrected chi connectivity index (χ4v) is 2.81. The third-order valence-electron chi connectivity index (χ3n) is 4.08. The molecule has 1 amide bonds. The SMILES string of the molecule is Cc1ccc(C(=O)NC2(C)CCCCC2C(=O)O)cn1. The molecule has 1 saturated carbocycles. The highest BCUT2D eigenvalue weighted by molar-refractivity contribution is 5.94.